The Morgan fingerprint density at radius 2 is 1.72 bits per heavy atom. The fourth-order valence-corrected chi connectivity index (χ4v) is 1.88. The molecule has 0 aromatic heterocycles. The van der Waals surface area contributed by atoms with E-state index >= 15 is 0 Å². The Hall–Kier alpha value is -1.71. The largest absolute Gasteiger partial charge is 0.399 e. The van der Waals surface area contributed by atoms with Crippen molar-refractivity contribution < 1.29 is 4.79 Å². The Bertz CT molecular complexity index is 582. The molecule has 0 aliphatic heterocycles. The van der Waals surface area contributed by atoms with Crippen LogP contribution >= 0.6 is 23.2 Å². The molecule has 3 N–H and O–H groups in total. The summed E-state index contributed by atoms with van der Waals surface area (Å²) in [6.07, 6.45) is 0. The molecule has 1 amide bonds. The van der Waals surface area contributed by atoms with Gasteiger partial charge in [-0.15, -0.1) is 0 Å². The van der Waals surface area contributed by atoms with Gasteiger partial charge in [0, 0.05) is 16.3 Å². The number of nitrogens with two attached hydrogens (primary N) is 1. The van der Waals surface area contributed by atoms with Gasteiger partial charge in [-0.1, -0.05) is 23.2 Å². The third-order valence-electron chi connectivity index (χ3n) is 2.35. The third kappa shape index (κ3) is 2.94. The Morgan fingerprint density at radius 3 is 2.33 bits per heavy atom. The van der Waals surface area contributed by atoms with Crippen LogP contribution in [0.2, 0.25) is 10.0 Å². The predicted octanol–water partition coefficient (Wildman–Crippen LogP) is 3.83. The Morgan fingerprint density at radius 1 is 1.06 bits per heavy atom. The molecule has 0 atom stereocenters. The van der Waals surface area contributed by atoms with Gasteiger partial charge in [-0.3, -0.25) is 4.79 Å². The van der Waals surface area contributed by atoms with E-state index in [2.05, 4.69) is 5.32 Å². The van der Waals surface area contributed by atoms with E-state index in [-0.39, 0.29) is 5.91 Å². The lowest BCUT2D eigenvalue weighted by Gasteiger charge is -2.07. The second-order valence-electron chi connectivity index (χ2n) is 3.70. The van der Waals surface area contributed by atoms with E-state index in [0.717, 1.165) is 0 Å². The van der Waals surface area contributed by atoms with Crippen molar-refractivity contribution in [3.8, 4) is 0 Å². The number of benzene rings is 2. The quantitative estimate of drug-likeness (QED) is 0.822. The van der Waals surface area contributed by atoms with E-state index in [1.807, 2.05) is 0 Å². The minimum Gasteiger partial charge on any atom is -0.399 e. The zero-order valence-corrected chi connectivity index (χ0v) is 10.8. The summed E-state index contributed by atoms with van der Waals surface area (Å²) in [6.45, 7) is 0. The lowest BCUT2D eigenvalue weighted by atomic mass is 10.2. The molecule has 0 bridgehead atoms. The Balaban J connectivity index is 2.18. The summed E-state index contributed by atoms with van der Waals surface area (Å²) >= 11 is 11.7. The lowest BCUT2D eigenvalue weighted by Crippen LogP contribution is -2.12. The van der Waals surface area contributed by atoms with Gasteiger partial charge in [0.25, 0.3) is 5.91 Å². The Kier molecular flexibility index (Phi) is 3.75. The van der Waals surface area contributed by atoms with Crippen molar-refractivity contribution in [1.29, 1.82) is 0 Å². The topological polar surface area (TPSA) is 55.1 Å². The number of halogens is 2. The standard InChI is InChI=1S/C13H10Cl2N2O/c14-9-3-6-12(11(15)7-9)17-13(18)8-1-4-10(16)5-2-8/h1-7H,16H2,(H,17,18). The number of rotatable bonds is 2. The molecule has 0 fully saturated rings. The summed E-state index contributed by atoms with van der Waals surface area (Å²) < 4.78 is 0. The van der Waals surface area contributed by atoms with Gasteiger partial charge in [-0.2, -0.15) is 0 Å². The predicted molar refractivity (Wildman–Crippen MR) is 75.3 cm³/mol. The van der Waals surface area contributed by atoms with Gasteiger partial charge in [0.2, 0.25) is 0 Å². The molecule has 0 heterocycles. The van der Waals surface area contributed by atoms with E-state index in [1.165, 1.54) is 0 Å². The van der Waals surface area contributed by atoms with Crippen LogP contribution in [0.4, 0.5) is 11.4 Å². The van der Waals surface area contributed by atoms with E-state index in [9.17, 15) is 4.79 Å². The second-order valence-corrected chi connectivity index (χ2v) is 4.54. The average Bonchev–Trinajstić information content (AvgIpc) is 2.33. The SMILES string of the molecule is Nc1ccc(C(=O)Nc2ccc(Cl)cc2Cl)cc1. The molecule has 2 rings (SSSR count). The van der Waals surface area contributed by atoms with Crippen molar-refractivity contribution in [3.63, 3.8) is 0 Å². The van der Waals surface area contributed by atoms with E-state index in [0.29, 0.717) is 27.0 Å². The highest BCUT2D eigenvalue weighted by molar-refractivity contribution is 6.36. The summed E-state index contributed by atoms with van der Waals surface area (Å²) in [7, 11) is 0. The van der Waals surface area contributed by atoms with Gasteiger partial charge < -0.3 is 11.1 Å². The van der Waals surface area contributed by atoms with Crippen LogP contribution in [-0.4, -0.2) is 5.91 Å². The van der Waals surface area contributed by atoms with Crippen LogP contribution in [0.1, 0.15) is 10.4 Å². The van der Waals surface area contributed by atoms with Gasteiger partial charge in [0.05, 0.1) is 10.7 Å². The summed E-state index contributed by atoms with van der Waals surface area (Å²) in [6, 6.07) is 11.5. The minimum atomic E-state index is -0.251. The first-order valence-electron chi connectivity index (χ1n) is 5.18. The molecule has 0 aliphatic carbocycles. The van der Waals surface area contributed by atoms with Crippen LogP contribution in [0.15, 0.2) is 42.5 Å². The van der Waals surface area contributed by atoms with Gasteiger partial charge >= 0.3 is 0 Å². The molecular formula is C13H10Cl2N2O. The highest BCUT2D eigenvalue weighted by Crippen LogP contribution is 2.25. The maximum atomic E-state index is 11.9. The van der Waals surface area contributed by atoms with Crippen LogP contribution in [0.5, 0.6) is 0 Å². The zero-order valence-electron chi connectivity index (χ0n) is 9.28. The molecule has 18 heavy (non-hydrogen) atoms. The van der Waals surface area contributed by atoms with Crippen molar-refractivity contribution in [2.45, 2.75) is 0 Å². The highest BCUT2D eigenvalue weighted by atomic mass is 35.5. The molecule has 2 aromatic rings. The number of hydrogen-bond acceptors (Lipinski definition) is 2. The van der Waals surface area contributed by atoms with Crippen LogP contribution in [0.25, 0.3) is 0 Å². The van der Waals surface area contributed by atoms with Crippen molar-refractivity contribution >= 4 is 40.5 Å². The first-order chi connectivity index (χ1) is 8.56. The third-order valence-corrected chi connectivity index (χ3v) is 2.90. The number of carbonyl (C=O) groups is 1. The van der Waals surface area contributed by atoms with E-state index in [4.69, 9.17) is 28.9 Å². The number of hydrogen-bond donors (Lipinski definition) is 2. The molecule has 5 heteroatoms. The van der Waals surface area contributed by atoms with Crippen LogP contribution < -0.4 is 11.1 Å². The molecule has 0 saturated heterocycles. The highest BCUT2D eigenvalue weighted by Gasteiger charge is 2.08. The summed E-state index contributed by atoms with van der Waals surface area (Å²) in [5.41, 5.74) is 7.19. The van der Waals surface area contributed by atoms with Crippen molar-refractivity contribution in [2.24, 2.45) is 0 Å². The normalized spacial score (nSPS) is 10.1. The molecule has 0 unspecified atom stereocenters. The van der Waals surface area contributed by atoms with Crippen molar-refractivity contribution in [1.82, 2.24) is 0 Å². The molecule has 0 aliphatic rings. The lowest BCUT2D eigenvalue weighted by molar-refractivity contribution is 0.102. The molecule has 3 nitrogen and oxygen atoms in total. The smallest absolute Gasteiger partial charge is 0.255 e. The molecule has 2 aromatic carbocycles. The minimum absolute atomic E-state index is 0.251. The van der Waals surface area contributed by atoms with Gasteiger partial charge in [0.15, 0.2) is 0 Å². The van der Waals surface area contributed by atoms with Gasteiger partial charge in [-0.25, -0.2) is 0 Å². The Labute approximate surface area is 115 Å². The van der Waals surface area contributed by atoms with E-state index in [1.54, 1.807) is 42.5 Å². The van der Waals surface area contributed by atoms with Gasteiger partial charge in [0.1, 0.15) is 0 Å². The molecular weight excluding hydrogens is 271 g/mol. The number of amides is 1. The monoisotopic (exact) mass is 280 g/mol. The zero-order chi connectivity index (χ0) is 13.1. The fraction of sp³-hybridized carbons (Fsp3) is 0. The van der Waals surface area contributed by atoms with E-state index < -0.39 is 0 Å². The molecule has 0 radical (unpaired) electrons. The average molecular weight is 281 g/mol. The first kappa shape index (κ1) is 12.7. The maximum absolute atomic E-state index is 11.9. The van der Waals surface area contributed by atoms with Crippen LogP contribution in [0, 0.1) is 0 Å². The summed E-state index contributed by atoms with van der Waals surface area (Å²) in [5.74, 6) is -0.251. The number of nitrogen functional groups attached to an aromatic ring is 1. The second kappa shape index (κ2) is 5.29. The summed E-state index contributed by atoms with van der Waals surface area (Å²) in [5, 5.41) is 3.62. The van der Waals surface area contributed by atoms with Gasteiger partial charge in [-0.05, 0) is 42.5 Å². The first-order valence-corrected chi connectivity index (χ1v) is 5.94. The van der Waals surface area contributed by atoms with Crippen molar-refractivity contribution in [3.05, 3.63) is 58.1 Å². The molecule has 0 spiro atoms. The van der Waals surface area contributed by atoms with Crippen LogP contribution in [0.3, 0.4) is 0 Å². The number of nitrogens with one attached hydrogen (secondary N) is 1. The summed E-state index contributed by atoms with van der Waals surface area (Å²) in [4.78, 5) is 11.9. The molecule has 0 saturated carbocycles. The fourth-order valence-electron chi connectivity index (χ4n) is 1.42. The van der Waals surface area contributed by atoms with Crippen LogP contribution in [-0.2, 0) is 0 Å². The maximum Gasteiger partial charge on any atom is 0.255 e. The van der Waals surface area contributed by atoms with Crippen molar-refractivity contribution in [2.75, 3.05) is 11.1 Å². The number of anilines is 2. The molecule has 92 valence electrons. The number of carbonyl (C=O) groups excluding carboxylic acids is 1.